The lowest BCUT2D eigenvalue weighted by atomic mass is 10.0. The third kappa shape index (κ3) is 7.88. The van der Waals surface area contributed by atoms with Crippen molar-refractivity contribution in [2.45, 2.75) is 43.9 Å². The van der Waals surface area contributed by atoms with Gasteiger partial charge in [-0.15, -0.1) is 11.8 Å². The molecule has 49 heavy (non-hydrogen) atoms. The van der Waals surface area contributed by atoms with E-state index in [2.05, 4.69) is 0 Å². The highest BCUT2D eigenvalue weighted by atomic mass is 32.2. The molecule has 0 amide bonds. The summed E-state index contributed by atoms with van der Waals surface area (Å²) in [6.45, 7) is 1.37. The normalized spacial score (nSPS) is 21.8. The van der Waals surface area contributed by atoms with E-state index in [4.69, 9.17) is 23.7 Å². The Hall–Kier alpha value is -4.50. The summed E-state index contributed by atoms with van der Waals surface area (Å²) in [5.74, 6) is -0.588. The van der Waals surface area contributed by atoms with Crippen molar-refractivity contribution in [1.29, 1.82) is 0 Å². The van der Waals surface area contributed by atoms with Gasteiger partial charge in [0.25, 0.3) is 0 Å². The maximum atomic E-state index is 14.0. The van der Waals surface area contributed by atoms with E-state index in [0.717, 1.165) is 22.3 Å². The number of ketones is 1. The van der Waals surface area contributed by atoms with Crippen molar-refractivity contribution in [3.63, 3.8) is 0 Å². The van der Waals surface area contributed by atoms with E-state index < -0.39 is 24.1 Å². The zero-order chi connectivity index (χ0) is 33.3. The van der Waals surface area contributed by atoms with Gasteiger partial charge in [-0.25, -0.2) is 0 Å². The van der Waals surface area contributed by atoms with Gasteiger partial charge in [-0.05, 0) is 16.7 Å². The Morgan fingerprint density at radius 1 is 0.653 bits per heavy atom. The molecule has 1 saturated heterocycles. The van der Waals surface area contributed by atoms with Gasteiger partial charge >= 0.3 is 0 Å². The first-order chi connectivity index (χ1) is 24.2. The molecule has 5 aromatic rings. The Labute approximate surface area is 291 Å². The number of allylic oxidation sites excluding steroid dienone is 1. The van der Waals surface area contributed by atoms with Gasteiger partial charge in [-0.1, -0.05) is 152 Å². The number of carbonyl (C=O) groups excluding carboxylic acids is 1. The molecule has 1 spiro atoms. The first-order valence-corrected chi connectivity index (χ1v) is 17.5. The number of benzene rings is 5. The van der Waals surface area contributed by atoms with E-state index in [9.17, 15) is 4.79 Å². The quantitative estimate of drug-likeness (QED) is 0.117. The molecule has 7 heteroatoms. The number of hydrogen-bond donors (Lipinski definition) is 0. The van der Waals surface area contributed by atoms with E-state index in [1.54, 1.807) is 0 Å². The summed E-state index contributed by atoms with van der Waals surface area (Å²) in [4.78, 5) is 14.5. The van der Waals surface area contributed by atoms with Crippen LogP contribution in [0.2, 0.25) is 0 Å². The molecule has 7 rings (SSSR count). The van der Waals surface area contributed by atoms with Crippen LogP contribution < -0.4 is 0 Å². The minimum Gasteiger partial charge on any atom is -0.456 e. The van der Waals surface area contributed by atoms with Crippen LogP contribution in [0, 0.1) is 0 Å². The molecule has 2 aliphatic rings. The number of ether oxygens (including phenoxy) is 5. The third-order valence-electron chi connectivity index (χ3n) is 8.58. The second-order valence-electron chi connectivity index (χ2n) is 12.1. The van der Waals surface area contributed by atoms with Crippen LogP contribution in [0.4, 0.5) is 0 Å². The van der Waals surface area contributed by atoms with Crippen molar-refractivity contribution >= 4 is 23.3 Å². The minimum atomic E-state index is -1.27. The molecule has 248 valence electrons. The molecular weight excluding hydrogens is 633 g/mol. The molecule has 0 radical (unpaired) electrons. The average molecular weight is 671 g/mol. The number of carbonyl (C=O) groups is 1. The summed E-state index contributed by atoms with van der Waals surface area (Å²) in [5.41, 5.74) is 4.50. The fourth-order valence-corrected chi connectivity index (χ4v) is 7.31. The Bertz CT molecular complexity index is 1820. The molecular formula is C42H38O6S. The Morgan fingerprint density at radius 3 is 1.76 bits per heavy atom. The fraction of sp³-hybridized carbons (Fsp3) is 0.214. The van der Waals surface area contributed by atoms with E-state index in [-0.39, 0.29) is 12.4 Å². The lowest BCUT2D eigenvalue weighted by Gasteiger charge is -2.39. The lowest BCUT2D eigenvalue weighted by molar-refractivity contribution is -0.226. The van der Waals surface area contributed by atoms with Crippen molar-refractivity contribution < 1.29 is 28.5 Å². The fourth-order valence-electron chi connectivity index (χ4n) is 6.13. The molecule has 2 aliphatic heterocycles. The summed E-state index contributed by atoms with van der Waals surface area (Å²) in [6.07, 6.45) is -1.71. The Balaban J connectivity index is 1.25. The molecule has 6 nitrogen and oxygen atoms in total. The van der Waals surface area contributed by atoms with E-state index in [1.165, 1.54) is 11.8 Å². The number of rotatable bonds is 13. The predicted octanol–water partition coefficient (Wildman–Crippen LogP) is 8.48. The highest BCUT2D eigenvalue weighted by Gasteiger charge is 2.61. The van der Waals surface area contributed by atoms with Crippen molar-refractivity contribution in [2.24, 2.45) is 0 Å². The summed E-state index contributed by atoms with van der Waals surface area (Å²) in [5, 5.41) is 0. The van der Waals surface area contributed by atoms with Crippen LogP contribution in [0.5, 0.6) is 0 Å². The zero-order valence-corrected chi connectivity index (χ0v) is 27.9. The predicted molar refractivity (Wildman–Crippen MR) is 191 cm³/mol. The second kappa shape index (κ2) is 15.8. The van der Waals surface area contributed by atoms with Gasteiger partial charge in [-0.3, -0.25) is 4.79 Å². The largest absolute Gasteiger partial charge is 0.456 e. The number of thioether (sulfide) groups is 1. The van der Waals surface area contributed by atoms with Gasteiger partial charge in [0.1, 0.15) is 18.0 Å². The second-order valence-corrected chi connectivity index (χ2v) is 13.0. The van der Waals surface area contributed by atoms with Crippen molar-refractivity contribution in [3.05, 3.63) is 184 Å². The van der Waals surface area contributed by atoms with Crippen LogP contribution in [-0.2, 0) is 43.5 Å². The van der Waals surface area contributed by atoms with Crippen LogP contribution in [0.25, 0.3) is 5.76 Å². The Kier molecular flexibility index (Phi) is 10.7. The van der Waals surface area contributed by atoms with Crippen molar-refractivity contribution in [3.8, 4) is 0 Å². The smallest absolute Gasteiger partial charge is 0.249 e. The van der Waals surface area contributed by atoms with Gasteiger partial charge in [-0.2, -0.15) is 0 Å². The van der Waals surface area contributed by atoms with Crippen LogP contribution >= 0.6 is 11.8 Å². The highest BCUT2D eigenvalue weighted by Crippen LogP contribution is 2.49. The number of hydrogen-bond acceptors (Lipinski definition) is 7. The lowest BCUT2D eigenvalue weighted by Crippen LogP contribution is -2.51. The van der Waals surface area contributed by atoms with Crippen molar-refractivity contribution in [2.75, 3.05) is 12.4 Å². The summed E-state index contributed by atoms with van der Waals surface area (Å²) >= 11 is 1.43. The summed E-state index contributed by atoms with van der Waals surface area (Å²) < 4.78 is 33.7. The molecule has 0 N–H and O–H groups in total. The van der Waals surface area contributed by atoms with Crippen molar-refractivity contribution in [1.82, 2.24) is 0 Å². The van der Waals surface area contributed by atoms with Crippen LogP contribution in [0.15, 0.2) is 157 Å². The first kappa shape index (κ1) is 33.0. The SMILES string of the molecule is O=C(C1=C(c2ccccc2)O[C@]2(CS1)O[C@H](COCc1ccccc1)[C@H](OCc1ccccc1)[C@@H]2OCc1ccccc1)c1ccccc1. The third-order valence-corrected chi connectivity index (χ3v) is 9.78. The molecule has 2 heterocycles. The molecule has 0 aliphatic carbocycles. The molecule has 0 saturated carbocycles. The van der Waals surface area contributed by atoms with Crippen LogP contribution in [0.1, 0.15) is 32.6 Å². The van der Waals surface area contributed by atoms with Gasteiger partial charge in [0.2, 0.25) is 11.6 Å². The van der Waals surface area contributed by atoms with Gasteiger partial charge in [0.05, 0.1) is 37.1 Å². The highest BCUT2D eigenvalue weighted by molar-refractivity contribution is 8.04. The average Bonchev–Trinajstić information content (AvgIpc) is 3.45. The molecule has 0 bridgehead atoms. The maximum absolute atomic E-state index is 14.0. The van der Waals surface area contributed by atoms with Gasteiger partial charge in [0.15, 0.2) is 6.10 Å². The molecule has 4 atom stereocenters. The molecule has 5 aromatic carbocycles. The standard InChI is InChI=1S/C42H38O6S/c43-37(34-22-12-4-13-23-34)40-38(35-24-14-5-15-25-35)48-42(30-49-40)41(46-28-33-20-10-3-11-21-33)39(45-27-32-18-8-2-9-19-32)36(47-42)29-44-26-31-16-6-1-7-17-31/h1-25,36,39,41H,26-30H2/t36-,39+,41+,42+/m1/s1. The monoisotopic (exact) mass is 670 g/mol. The van der Waals surface area contributed by atoms with E-state index >= 15 is 0 Å². The molecule has 1 fully saturated rings. The Morgan fingerprint density at radius 2 is 1.16 bits per heavy atom. The van der Waals surface area contributed by atoms with Gasteiger partial charge < -0.3 is 23.7 Å². The van der Waals surface area contributed by atoms with Crippen LogP contribution in [-0.4, -0.2) is 42.2 Å². The topological polar surface area (TPSA) is 63.2 Å². The minimum absolute atomic E-state index is 0.0984. The maximum Gasteiger partial charge on any atom is 0.249 e. The summed E-state index contributed by atoms with van der Waals surface area (Å²) in [6, 6.07) is 49.2. The van der Waals surface area contributed by atoms with Gasteiger partial charge in [0, 0.05) is 11.1 Å². The molecule has 0 unspecified atom stereocenters. The summed E-state index contributed by atoms with van der Waals surface area (Å²) in [7, 11) is 0. The van der Waals surface area contributed by atoms with Crippen LogP contribution in [0.3, 0.4) is 0 Å². The first-order valence-electron chi connectivity index (χ1n) is 16.5. The van der Waals surface area contributed by atoms with E-state index in [1.807, 2.05) is 152 Å². The zero-order valence-electron chi connectivity index (χ0n) is 27.1. The molecule has 0 aromatic heterocycles. The van der Waals surface area contributed by atoms with E-state index in [0.29, 0.717) is 41.8 Å². The number of Topliss-reactive ketones (excluding diaryl/α,β-unsaturated/α-hetero) is 1.